The molecule has 4 rings (SSSR count). The summed E-state index contributed by atoms with van der Waals surface area (Å²) in [5.41, 5.74) is 2.59. The second-order valence-corrected chi connectivity index (χ2v) is 8.30. The van der Waals surface area contributed by atoms with Crippen LogP contribution >= 0.6 is 0 Å². The molecule has 1 atom stereocenters. The molecule has 1 unspecified atom stereocenters. The van der Waals surface area contributed by atoms with Crippen molar-refractivity contribution >= 4 is 23.0 Å². The fraction of sp³-hybridized carbons (Fsp3) is 0.318. The first-order valence-electron chi connectivity index (χ1n) is 9.47. The summed E-state index contributed by atoms with van der Waals surface area (Å²) in [4.78, 5) is 32.5. The molecule has 0 spiro atoms. The van der Waals surface area contributed by atoms with E-state index in [1.165, 1.54) is 0 Å². The van der Waals surface area contributed by atoms with Gasteiger partial charge in [-0.3, -0.25) is 14.0 Å². The second kappa shape index (κ2) is 6.48. The van der Waals surface area contributed by atoms with Gasteiger partial charge in [-0.05, 0) is 57.9 Å². The Morgan fingerprint density at radius 1 is 1.11 bits per heavy atom. The molecule has 6 nitrogen and oxygen atoms in total. The summed E-state index contributed by atoms with van der Waals surface area (Å²) < 4.78 is 1.68. The van der Waals surface area contributed by atoms with Crippen molar-refractivity contribution in [1.29, 1.82) is 0 Å². The quantitative estimate of drug-likeness (QED) is 0.745. The molecule has 2 aromatic heterocycles. The molecule has 6 heteroatoms. The van der Waals surface area contributed by atoms with E-state index in [2.05, 4.69) is 10.3 Å². The first-order chi connectivity index (χ1) is 13.3. The van der Waals surface area contributed by atoms with E-state index in [0.29, 0.717) is 11.2 Å². The lowest BCUT2D eigenvalue weighted by molar-refractivity contribution is 0.0908. The van der Waals surface area contributed by atoms with Crippen LogP contribution in [0.25, 0.3) is 5.52 Å². The predicted octanol–water partition coefficient (Wildman–Crippen LogP) is 3.45. The Morgan fingerprint density at radius 2 is 1.82 bits per heavy atom. The van der Waals surface area contributed by atoms with Crippen LogP contribution in [0.4, 0.5) is 5.69 Å². The van der Waals surface area contributed by atoms with Crippen LogP contribution in [-0.4, -0.2) is 32.8 Å². The van der Waals surface area contributed by atoms with Crippen molar-refractivity contribution in [2.24, 2.45) is 0 Å². The summed E-state index contributed by atoms with van der Waals surface area (Å²) in [6, 6.07) is 13.5. The Morgan fingerprint density at radius 3 is 2.57 bits per heavy atom. The standard InChI is InChI=1S/C22H24N4O2/c1-14-13-15-9-5-6-10-16(15)26(14)21(28)18-17-11-7-8-12-25(17)19(23-18)20(27)24-22(2,3)4/h5-12,14H,13H2,1-4H3,(H,24,27). The van der Waals surface area contributed by atoms with Gasteiger partial charge < -0.3 is 10.2 Å². The highest BCUT2D eigenvalue weighted by molar-refractivity contribution is 6.11. The predicted molar refractivity (Wildman–Crippen MR) is 109 cm³/mol. The normalized spacial score (nSPS) is 16.3. The van der Waals surface area contributed by atoms with E-state index in [0.717, 1.165) is 17.7 Å². The number of nitrogens with zero attached hydrogens (tertiary/aromatic N) is 3. The van der Waals surface area contributed by atoms with Crippen LogP contribution in [0.3, 0.4) is 0 Å². The molecule has 0 radical (unpaired) electrons. The van der Waals surface area contributed by atoms with Gasteiger partial charge in [-0.15, -0.1) is 0 Å². The molecule has 1 aromatic carbocycles. The van der Waals surface area contributed by atoms with Crippen LogP contribution in [-0.2, 0) is 6.42 Å². The number of pyridine rings is 1. The molecule has 0 bridgehead atoms. The summed E-state index contributed by atoms with van der Waals surface area (Å²) >= 11 is 0. The van der Waals surface area contributed by atoms with Crippen molar-refractivity contribution in [3.05, 3.63) is 65.7 Å². The number of aromatic nitrogens is 2. The molecule has 144 valence electrons. The molecule has 3 aromatic rings. The average molecular weight is 376 g/mol. The van der Waals surface area contributed by atoms with Crippen LogP contribution < -0.4 is 10.2 Å². The van der Waals surface area contributed by atoms with Crippen LogP contribution in [0.15, 0.2) is 48.7 Å². The second-order valence-electron chi connectivity index (χ2n) is 8.30. The maximum absolute atomic E-state index is 13.5. The molecule has 1 N–H and O–H groups in total. The number of benzene rings is 1. The number of imidazole rings is 1. The van der Waals surface area contributed by atoms with Gasteiger partial charge >= 0.3 is 0 Å². The Labute approximate surface area is 164 Å². The smallest absolute Gasteiger partial charge is 0.288 e. The maximum Gasteiger partial charge on any atom is 0.288 e. The van der Waals surface area contributed by atoms with Gasteiger partial charge in [0.15, 0.2) is 5.69 Å². The monoisotopic (exact) mass is 376 g/mol. The van der Waals surface area contributed by atoms with E-state index < -0.39 is 5.54 Å². The summed E-state index contributed by atoms with van der Waals surface area (Å²) in [6.07, 6.45) is 2.57. The largest absolute Gasteiger partial charge is 0.345 e. The number of para-hydroxylation sites is 1. The Kier molecular flexibility index (Phi) is 4.22. The van der Waals surface area contributed by atoms with E-state index in [1.54, 1.807) is 15.5 Å². The van der Waals surface area contributed by atoms with Gasteiger partial charge in [0.05, 0.1) is 5.52 Å². The summed E-state index contributed by atoms with van der Waals surface area (Å²) in [5, 5.41) is 2.93. The van der Waals surface area contributed by atoms with Crippen LogP contribution in [0.1, 0.15) is 54.4 Å². The third-order valence-corrected chi connectivity index (χ3v) is 4.87. The highest BCUT2D eigenvalue weighted by Crippen LogP contribution is 2.33. The van der Waals surface area contributed by atoms with Crippen LogP contribution in [0, 0.1) is 0 Å². The molecule has 0 aliphatic carbocycles. The molecule has 1 aliphatic heterocycles. The van der Waals surface area contributed by atoms with E-state index in [9.17, 15) is 9.59 Å². The van der Waals surface area contributed by atoms with Crippen LogP contribution in [0.5, 0.6) is 0 Å². The van der Waals surface area contributed by atoms with Gasteiger partial charge in [0.2, 0.25) is 5.82 Å². The van der Waals surface area contributed by atoms with Gasteiger partial charge in [-0.25, -0.2) is 4.98 Å². The minimum absolute atomic E-state index is 0.0391. The number of anilines is 1. The van der Waals surface area contributed by atoms with Crippen molar-refractivity contribution in [2.45, 2.75) is 45.7 Å². The molecule has 2 amide bonds. The fourth-order valence-corrected chi connectivity index (χ4v) is 3.74. The summed E-state index contributed by atoms with van der Waals surface area (Å²) in [5.74, 6) is -0.271. The number of hydrogen-bond donors (Lipinski definition) is 1. The zero-order chi connectivity index (χ0) is 20.1. The minimum Gasteiger partial charge on any atom is -0.345 e. The third-order valence-electron chi connectivity index (χ3n) is 4.87. The van der Waals surface area contributed by atoms with Gasteiger partial charge in [0.25, 0.3) is 11.8 Å². The van der Waals surface area contributed by atoms with Gasteiger partial charge in [0, 0.05) is 23.5 Å². The van der Waals surface area contributed by atoms with E-state index in [1.807, 2.05) is 70.2 Å². The van der Waals surface area contributed by atoms with Gasteiger partial charge in [-0.1, -0.05) is 24.3 Å². The zero-order valence-corrected chi connectivity index (χ0v) is 16.6. The van der Waals surface area contributed by atoms with Crippen molar-refractivity contribution in [3.8, 4) is 0 Å². The zero-order valence-electron chi connectivity index (χ0n) is 16.6. The molecule has 0 fully saturated rings. The van der Waals surface area contributed by atoms with Crippen molar-refractivity contribution < 1.29 is 9.59 Å². The minimum atomic E-state index is -0.399. The number of fused-ring (bicyclic) bond motifs is 2. The van der Waals surface area contributed by atoms with Gasteiger partial charge in [0.1, 0.15) is 0 Å². The summed E-state index contributed by atoms with van der Waals surface area (Å²) in [7, 11) is 0. The first kappa shape index (κ1) is 18.2. The molecule has 28 heavy (non-hydrogen) atoms. The lowest BCUT2D eigenvalue weighted by Crippen LogP contribution is -2.41. The molecular weight excluding hydrogens is 352 g/mol. The maximum atomic E-state index is 13.5. The topological polar surface area (TPSA) is 66.7 Å². The lowest BCUT2D eigenvalue weighted by Gasteiger charge is -2.21. The van der Waals surface area contributed by atoms with Crippen molar-refractivity contribution in [3.63, 3.8) is 0 Å². The summed E-state index contributed by atoms with van der Waals surface area (Å²) in [6.45, 7) is 7.77. The molecule has 3 heterocycles. The number of hydrogen-bond acceptors (Lipinski definition) is 3. The first-order valence-corrected chi connectivity index (χ1v) is 9.47. The van der Waals surface area contributed by atoms with E-state index in [4.69, 9.17) is 0 Å². The molecule has 0 saturated carbocycles. The lowest BCUT2D eigenvalue weighted by atomic mass is 10.1. The van der Waals surface area contributed by atoms with Crippen molar-refractivity contribution in [1.82, 2.24) is 14.7 Å². The Hall–Kier alpha value is -3.15. The van der Waals surface area contributed by atoms with Crippen molar-refractivity contribution in [2.75, 3.05) is 4.90 Å². The number of amides is 2. The average Bonchev–Trinajstić information content (AvgIpc) is 3.17. The number of rotatable bonds is 2. The van der Waals surface area contributed by atoms with E-state index in [-0.39, 0.29) is 23.7 Å². The number of carbonyl (C=O) groups is 2. The number of carbonyl (C=O) groups excluding carboxylic acids is 2. The molecular formula is C22H24N4O2. The Bertz CT molecular complexity index is 1080. The SMILES string of the molecule is CC1Cc2ccccc2N1C(=O)c1nc(C(=O)NC(C)(C)C)n2ccccc12. The van der Waals surface area contributed by atoms with Gasteiger partial charge in [-0.2, -0.15) is 0 Å². The Balaban J connectivity index is 1.80. The fourth-order valence-electron chi connectivity index (χ4n) is 3.74. The molecule has 0 saturated heterocycles. The number of nitrogens with one attached hydrogen (secondary N) is 1. The highest BCUT2D eigenvalue weighted by Gasteiger charge is 2.34. The van der Waals surface area contributed by atoms with E-state index >= 15 is 0 Å². The molecule has 1 aliphatic rings. The van der Waals surface area contributed by atoms with Crippen LogP contribution in [0.2, 0.25) is 0 Å². The highest BCUT2D eigenvalue weighted by atomic mass is 16.2. The third kappa shape index (κ3) is 3.05.